The second-order valence-electron chi connectivity index (χ2n) is 9.29. The summed E-state index contributed by atoms with van der Waals surface area (Å²) in [4.78, 5) is 2.59. The summed E-state index contributed by atoms with van der Waals surface area (Å²) in [6.07, 6.45) is 3.03. The molecule has 4 heterocycles. The normalized spacial score (nSPS) is 35.8. The lowest BCUT2D eigenvalue weighted by Crippen LogP contribution is -2.63. The monoisotopic (exact) mass is 389 g/mol. The Labute approximate surface area is 166 Å². The predicted molar refractivity (Wildman–Crippen MR) is 104 cm³/mol. The SMILES string of the molecule is CC1(C)Oc2c(O)cccc2[C@H]2OC[C@@]3(C[C@@H]21)CN(C1CCOCC1)CCO3. The number of hydrogen-bond donors (Lipinski definition) is 1. The van der Waals surface area contributed by atoms with E-state index in [-0.39, 0.29) is 23.4 Å². The third-order valence-electron chi connectivity index (χ3n) is 7.06. The summed E-state index contributed by atoms with van der Waals surface area (Å²) in [7, 11) is 0. The van der Waals surface area contributed by atoms with Crippen LogP contribution in [0.2, 0.25) is 0 Å². The van der Waals surface area contributed by atoms with Gasteiger partial charge in [0.2, 0.25) is 0 Å². The molecule has 28 heavy (non-hydrogen) atoms. The van der Waals surface area contributed by atoms with Crippen molar-refractivity contribution >= 4 is 0 Å². The molecular formula is C22H31NO5. The number of nitrogens with zero attached hydrogens (tertiary/aromatic N) is 1. The van der Waals surface area contributed by atoms with Gasteiger partial charge >= 0.3 is 0 Å². The molecule has 0 amide bonds. The van der Waals surface area contributed by atoms with Crippen molar-refractivity contribution in [1.29, 1.82) is 0 Å². The number of phenolic OH excluding ortho intramolecular Hbond substituents is 1. The van der Waals surface area contributed by atoms with Crippen LogP contribution < -0.4 is 4.74 Å². The van der Waals surface area contributed by atoms with E-state index in [0.717, 1.165) is 57.7 Å². The lowest BCUT2D eigenvalue weighted by atomic mass is 9.71. The zero-order valence-corrected chi connectivity index (χ0v) is 16.9. The van der Waals surface area contributed by atoms with Crippen molar-refractivity contribution < 1.29 is 24.1 Å². The van der Waals surface area contributed by atoms with Gasteiger partial charge in [0.15, 0.2) is 11.5 Å². The standard InChI is InChI=1S/C22H31NO5/c1-21(2)17-12-22(13-23(8-11-27-22)15-6-9-25-10-7-15)14-26-19(17)16-4-3-5-18(24)20(16)28-21/h3-5,15,17,19,24H,6-14H2,1-2H3/t17-,19+,22+/m0/s1. The fourth-order valence-corrected chi connectivity index (χ4v) is 5.50. The maximum atomic E-state index is 10.3. The Morgan fingerprint density at radius 3 is 2.79 bits per heavy atom. The molecule has 3 atom stereocenters. The number of fused-ring (bicyclic) bond motifs is 3. The molecule has 154 valence electrons. The van der Waals surface area contributed by atoms with E-state index in [4.69, 9.17) is 18.9 Å². The molecule has 6 nitrogen and oxygen atoms in total. The number of aromatic hydroxyl groups is 1. The summed E-state index contributed by atoms with van der Waals surface area (Å²) in [5, 5.41) is 10.3. The van der Waals surface area contributed by atoms with Gasteiger partial charge in [0, 0.05) is 43.8 Å². The van der Waals surface area contributed by atoms with Crippen LogP contribution in [-0.2, 0) is 14.2 Å². The highest BCUT2D eigenvalue weighted by atomic mass is 16.6. The molecule has 1 N–H and O–H groups in total. The largest absolute Gasteiger partial charge is 0.504 e. The first kappa shape index (κ1) is 18.7. The van der Waals surface area contributed by atoms with Crippen molar-refractivity contribution in [3.63, 3.8) is 0 Å². The van der Waals surface area contributed by atoms with Crippen LogP contribution in [0.4, 0.5) is 0 Å². The van der Waals surface area contributed by atoms with Gasteiger partial charge < -0.3 is 24.1 Å². The van der Waals surface area contributed by atoms with Crippen molar-refractivity contribution in [3.8, 4) is 11.5 Å². The van der Waals surface area contributed by atoms with E-state index in [0.29, 0.717) is 18.4 Å². The molecule has 1 spiro atoms. The molecule has 6 heteroatoms. The predicted octanol–water partition coefficient (Wildman–Crippen LogP) is 2.89. The Hall–Kier alpha value is -1.34. The minimum Gasteiger partial charge on any atom is -0.504 e. The van der Waals surface area contributed by atoms with Crippen LogP contribution in [-0.4, -0.2) is 66.8 Å². The van der Waals surface area contributed by atoms with Gasteiger partial charge in [-0.2, -0.15) is 0 Å². The number of hydrogen-bond acceptors (Lipinski definition) is 6. The number of morpholine rings is 1. The Morgan fingerprint density at radius 1 is 1.14 bits per heavy atom. The van der Waals surface area contributed by atoms with Crippen LogP contribution in [0.3, 0.4) is 0 Å². The van der Waals surface area contributed by atoms with Crippen LogP contribution in [0, 0.1) is 5.92 Å². The van der Waals surface area contributed by atoms with Crippen molar-refractivity contribution in [2.24, 2.45) is 5.92 Å². The average Bonchev–Trinajstić information content (AvgIpc) is 2.70. The summed E-state index contributed by atoms with van der Waals surface area (Å²) in [5.41, 5.74) is 0.234. The molecule has 3 saturated heterocycles. The van der Waals surface area contributed by atoms with E-state index in [1.807, 2.05) is 12.1 Å². The fourth-order valence-electron chi connectivity index (χ4n) is 5.50. The summed E-state index contributed by atoms with van der Waals surface area (Å²) >= 11 is 0. The third-order valence-corrected chi connectivity index (χ3v) is 7.06. The average molecular weight is 389 g/mol. The summed E-state index contributed by atoms with van der Waals surface area (Å²) in [5.74, 6) is 0.927. The van der Waals surface area contributed by atoms with Gasteiger partial charge in [0.05, 0.1) is 19.3 Å². The van der Waals surface area contributed by atoms with Crippen LogP contribution in [0.1, 0.15) is 44.8 Å². The van der Waals surface area contributed by atoms with Gasteiger partial charge in [-0.3, -0.25) is 4.90 Å². The maximum absolute atomic E-state index is 10.3. The zero-order valence-electron chi connectivity index (χ0n) is 16.9. The molecule has 4 aliphatic rings. The van der Waals surface area contributed by atoms with Crippen LogP contribution in [0.5, 0.6) is 11.5 Å². The van der Waals surface area contributed by atoms with Crippen molar-refractivity contribution in [2.75, 3.05) is 39.5 Å². The van der Waals surface area contributed by atoms with Crippen LogP contribution >= 0.6 is 0 Å². The number of ether oxygens (including phenoxy) is 4. The molecule has 0 aliphatic carbocycles. The molecule has 0 unspecified atom stereocenters. The quantitative estimate of drug-likeness (QED) is 0.797. The highest BCUT2D eigenvalue weighted by Crippen LogP contribution is 2.54. The number of benzene rings is 1. The number of para-hydroxylation sites is 1. The van der Waals surface area contributed by atoms with E-state index in [9.17, 15) is 5.11 Å². The van der Waals surface area contributed by atoms with Gasteiger partial charge in [-0.25, -0.2) is 0 Å². The summed E-state index contributed by atoms with van der Waals surface area (Å²) in [6.45, 7) is 9.13. The Balaban J connectivity index is 1.39. The zero-order chi connectivity index (χ0) is 19.4. The lowest BCUT2D eigenvalue weighted by Gasteiger charge is -2.55. The molecule has 4 aliphatic heterocycles. The second-order valence-corrected chi connectivity index (χ2v) is 9.29. The molecular weight excluding hydrogens is 358 g/mol. The maximum Gasteiger partial charge on any atom is 0.167 e. The van der Waals surface area contributed by atoms with E-state index >= 15 is 0 Å². The van der Waals surface area contributed by atoms with Gasteiger partial charge in [-0.1, -0.05) is 12.1 Å². The smallest absolute Gasteiger partial charge is 0.167 e. The molecule has 1 aromatic carbocycles. The molecule has 0 radical (unpaired) electrons. The number of phenols is 1. The van der Waals surface area contributed by atoms with Gasteiger partial charge in [0.1, 0.15) is 11.2 Å². The van der Waals surface area contributed by atoms with Crippen molar-refractivity contribution in [2.45, 2.75) is 56.5 Å². The Bertz CT molecular complexity index is 732. The minimum atomic E-state index is -0.436. The first-order chi connectivity index (χ1) is 13.5. The number of rotatable bonds is 1. The molecule has 1 aromatic rings. The van der Waals surface area contributed by atoms with Crippen molar-refractivity contribution in [3.05, 3.63) is 23.8 Å². The van der Waals surface area contributed by atoms with E-state index < -0.39 is 5.60 Å². The summed E-state index contributed by atoms with van der Waals surface area (Å²) < 4.78 is 24.7. The molecule has 5 rings (SSSR count). The topological polar surface area (TPSA) is 60.4 Å². The summed E-state index contributed by atoms with van der Waals surface area (Å²) in [6, 6.07) is 6.14. The van der Waals surface area contributed by atoms with Crippen molar-refractivity contribution in [1.82, 2.24) is 4.90 Å². The Kier molecular flexibility index (Phi) is 4.58. The first-order valence-corrected chi connectivity index (χ1v) is 10.6. The molecule has 0 saturated carbocycles. The van der Waals surface area contributed by atoms with Gasteiger partial charge in [-0.15, -0.1) is 0 Å². The highest BCUT2D eigenvalue weighted by molar-refractivity contribution is 5.49. The highest BCUT2D eigenvalue weighted by Gasteiger charge is 2.54. The second kappa shape index (κ2) is 6.87. The van der Waals surface area contributed by atoms with E-state index in [1.165, 1.54) is 0 Å². The van der Waals surface area contributed by atoms with Gasteiger partial charge in [-0.05, 0) is 39.2 Å². The molecule has 3 fully saturated rings. The lowest BCUT2D eigenvalue weighted by molar-refractivity contribution is -0.234. The van der Waals surface area contributed by atoms with Crippen LogP contribution in [0.15, 0.2) is 18.2 Å². The third kappa shape index (κ3) is 3.11. The minimum absolute atomic E-state index is 0.0708. The fraction of sp³-hybridized carbons (Fsp3) is 0.727. The van der Waals surface area contributed by atoms with E-state index in [2.05, 4.69) is 18.7 Å². The Morgan fingerprint density at radius 2 is 1.96 bits per heavy atom. The first-order valence-electron chi connectivity index (χ1n) is 10.6. The van der Waals surface area contributed by atoms with Crippen LogP contribution in [0.25, 0.3) is 0 Å². The molecule has 0 aromatic heterocycles. The van der Waals surface area contributed by atoms with Gasteiger partial charge in [0.25, 0.3) is 0 Å². The van der Waals surface area contributed by atoms with E-state index in [1.54, 1.807) is 6.07 Å². The molecule has 0 bridgehead atoms.